The summed E-state index contributed by atoms with van der Waals surface area (Å²) in [6, 6.07) is 14.2. The number of nitrogens with zero attached hydrogens (tertiary/aromatic N) is 4. The molecule has 3 heterocycles. The summed E-state index contributed by atoms with van der Waals surface area (Å²) in [6.07, 6.45) is 3.79. The molecule has 1 aliphatic rings. The summed E-state index contributed by atoms with van der Waals surface area (Å²) in [7, 11) is 0. The Morgan fingerprint density at radius 2 is 1.92 bits per heavy atom. The van der Waals surface area contributed by atoms with Gasteiger partial charge in [0.2, 0.25) is 0 Å². The van der Waals surface area contributed by atoms with Gasteiger partial charge in [0.1, 0.15) is 5.15 Å². The van der Waals surface area contributed by atoms with Crippen LogP contribution < -0.4 is 0 Å². The number of rotatable bonds is 4. The SMILES string of the molecule is Cc1nn(-c2ccccc2)c(Cl)c1CN1CC(c2cccnc2)C1. The average Bonchev–Trinajstić information content (AvgIpc) is 2.87. The lowest BCUT2D eigenvalue weighted by atomic mass is 9.92. The van der Waals surface area contributed by atoms with Crippen LogP contribution in [-0.4, -0.2) is 32.8 Å². The van der Waals surface area contributed by atoms with E-state index in [9.17, 15) is 0 Å². The van der Waals surface area contributed by atoms with Gasteiger partial charge in [0.25, 0.3) is 0 Å². The monoisotopic (exact) mass is 338 g/mol. The molecule has 1 saturated heterocycles. The maximum Gasteiger partial charge on any atom is 0.137 e. The van der Waals surface area contributed by atoms with Gasteiger partial charge in [-0.1, -0.05) is 35.9 Å². The molecule has 4 rings (SSSR count). The highest BCUT2D eigenvalue weighted by Gasteiger charge is 2.29. The number of benzene rings is 1. The molecule has 0 bridgehead atoms. The van der Waals surface area contributed by atoms with Gasteiger partial charge >= 0.3 is 0 Å². The number of halogens is 1. The molecular weight excluding hydrogens is 320 g/mol. The van der Waals surface area contributed by atoms with Gasteiger partial charge in [-0.15, -0.1) is 0 Å². The molecule has 0 spiro atoms. The normalized spacial score (nSPS) is 15.4. The van der Waals surface area contributed by atoms with Gasteiger partial charge in [-0.3, -0.25) is 9.88 Å². The standard InChI is InChI=1S/C19H19ClN4/c1-14-18(19(20)24(22-14)17-7-3-2-4-8-17)13-23-11-16(12-23)15-6-5-9-21-10-15/h2-10,16H,11-13H2,1H3. The van der Waals surface area contributed by atoms with E-state index in [1.165, 1.54) is 5.56 Å². The lowest BCUT2D eigenvalue weighted by molar-refractivity contribution is 0.139. The molecule has 0 amide bonds. The molecule has 0 N–H and O–H groups in total. The van der Waals surface area contributed by atoms with Crippen LogP contribution in [0.3, 0.4) is 0 Å². The van der Waals surface area contributed by atoms with Gasteiger partial charge in [0.05, 0.1) is 11.4 Å². The minimum atomic E-state index is 0.571. The third-order valence-electron chi connectivity index (χ3n) is 4.62. The quantitative estimate of drug-likeness (QED) is 0.725. The Kier molecular flexibility index (Phi) is 4.08. The molecule has 1 aliphatic heterocycles. The lowest BCUT2D eigenvalue weighted by Crippen LogP contribution is -2.44. The first-order chi connectivity index (χ1) is 11.7. The van der Waals surface area contributed by atoms with E-state index in [-0.39, 0.29) is 0 Å². The van der Waals surface area contributed by atoms with E-state index >= 15 is 0 Å². The summed E-state index contributed by atoms with van der Waals surface area (Å²) < 4.78 is 1.82. The van der Waals surface area contributed by atoms with Crippen molar-refractivity contribution in [3.05, 3.63) is 76.8 Å². The molecule has 5 heteroatoms. The van der Waals surface area contributed by atoms with Crippen LogP contribution in [0.4, 0.5) is 0 Å². The summed E-state index contributed by atoms with van der Waals surface area (Å²) in [5.41, 5.74) is 4.42. The molecule has 0 aliphatic carbocycles. The summed E-state index contributed by atoms with van der Waals surface area (Å²) in [5.74, 6) is 0.571. The zero-order valence-corrected chi connectivity index (χ0v) is 14.3. The highest BCUT2D eigenvalue weighted by molar-refractivity contribution is 6.30. The Balaban J connectivity index is 1.48. The highest BCUT2D eigenvalue weighted by Crippen LogP contribution is 2.31. The predicted octanol–water partition coefficient (Wildman–Crippen LogP) is 3.83. The fourth-order valence-corrected chi connectivity index (χ4v) is 3.53. The van der Waals surface area contributed by atoms with Crippen molar-refractivity contribution in [3.63, 3.8) is 0 Å². The number of hydrogen-bond donors (Lipinski definition) is 0. The Hall–Kier alpha value is -2.17. The smallest absolute Gasteiger partial charge is 0.137 e. The van der Waals surface area contributed by atoms with Gasteiger partial charge < -0.3 is 0 Å². The zero-order valence-electron chi connectivity index (χ0n) is 13.6. The predicted molar refractivity (Wildman–Crippen MR) is 95.6 cm³/mol. The molecule has 0 radical (unpaired) electrons. The summed E-state index contributed by atoms with van der Waals surface area (Å²) >= 11 is 6.61. The molecule has 3 aromatic rings. The second kappa shape index (κ2) is 6.38. The second-order valence-corrected chi connectivity index (χ2v) is 6.64. The van der Waals surface area contributed by atoms with Crippen molar-refractivity contribution >= 4 is 11.6 Å². The number of aryl methyl sites for hydroxylation is 1. The molecule has 1 aromatic carbocycles. The zero-order chi connectivity index (χ0) is 16.5. The van der Waals surface area contributed by atoms with Crippen LogP contribution in [0.15, 0.2) is 54.9 Å². The van der Waals surface area contributed by atoms with Crippen molar-refractivity contribution in [1.82, 2.24) is 19.7 Å². The first-order valence-electron chi connectivity index (χ1n) is 8.14. The molecule has 4 nitrogen and oxygen atoms in total. The van der Waals surface area contributed by atoms with Crippen molar-refractivity contribution in [3.8, 4) is 5.69 Å². The fourth-order valence-electron chi connectivity index (χ4n) is 3.20. The molecule has 0 unspecified atom stereocenters. The van der Waals surface area contributed by atoms with Crippen LogP contribution in [-0.2, 0) is 6.54 Å². The maximum absolute atomic E-state index is 6.61. The molecule has 122 valence electrons. The van der Waals surface area contributed by atoms with Crippen molar-refractivity contribution in [2.75, 3.05) is 13.1 Å². The second-order valence-electron chi connectivity index (χ2n) is 6.28. The van der Waals surface area contributed by atoms with Crippen molar-refractivity contribution in [2.24, 2.45) is 0 Å². The number of pyridine rings is 1. The summed E-state index contributed by atoms with van der Waals surface area (Å²) in [6.45, 7) is 4.95. The Morgan fingerprint density at radius 1 is 1.12 bits per heavy atom. The fraction of sp³-hybridized carbons (Fsp3) is 0.263. The number of hydrogen-bond acceptors (Lipinski definition) is 3. The molecule has 1 fully saturated rings. The van der Waals surface area contributed by atoms with E-state index in [1.54, 1.807) is 0 Å². The molecule has 24 heavy (non-hydrogen) atoms. The van der Waals surface area contributed by atoms with E-state index in [0.717, 1.165) is 36.6 Å². The molecule has 2 aromatic heterocycles. The van der Waals surface area contributed by atoms with E-state index < -0.39 is 0 Å². The van der Waals surface area contributed by atoms with Crippen LogP contribution in [0, 0.1) is 6.92 Å². The van der Waals surface area contributed by atoms with Gasteiger partial charge in [-0.2, -0.15) is 5.10 Å². The average molecular weight is 339 g/mol. The Morgan fingerprint density at radius 3 is 2.62 bits per heavy atom. The van der Waals surface area contributed by atoms with Crippen molar-refractivity contribution < 1.29 is 0 Å². The maximum atomic E-state index is 6.61. The molecular formula is C19H19ClN4. The minimum absolute atomic E-state index is 0.571. The van der Waals surface area contributed by atoms with E-state index in [0.29, 0.717) is 11.1 Å². The summed E-state index contributed by atoms with van der Waals surface area (Å²) in [4.78, 5) is 6.61. The first kappa shape index (κ1) is 15.4. The third kappa shape index (κ3) is 2.83. The topological polar surface area (TPSA) is 34.0 Å². The number of likely N-dealkylation sites (tertiary alicyclic amines) is 1. The van der Waals surface area contributed by atoms with Gasteiger partial charge in [0.15, 0.2) is 0 Å². The molecule has 0 atom stereocenters. The van der Waals surface area contributed by atoms with Gasteiger partial charge in [0, 0.05) is 43.5 Å². The first-order valence-corrected chi connectivity index (χ1v) is 8.52. The largest absolute Gasteiger partial charge is 0.298 e. The van der Waals surface area contributed by atoms with Crippen LogP contribution in [0.25, 0.3) is 5.69 Å². The molecule has 0 saturated carbocycles. The van der Waals surface area contributed by atoms with Crippen LogP contribution >= 0.6 is 11.6 Å². The Bertz CT molecular complexity index is 823. The van der Waals surface area contributed by atoms with Crippen LogP contribution in [0.5, 0.6) is 0 Å². The van der Waals surface area contributed by atoms with Crippen molar-refractivity contribution in [2.45, 2.75) is 19.4 Å². The van der Waals surface area contributed by atoms with E-state index in [1.807, 2.05) is 60.4 Å². The number of aromatic nitrogens is 3. The minimum Gasteiger partial charge on any atom is -0.298 e. The number of para-hydroxylation sites is 1. The lowest BCUT2D eigenvalue weighted by Gasteiger charge is -2.39. The van der Waals surface area contributed by atoms with E-state index in [2.05, 4.69) is 21.0 Å². The third-order valence-corrected chi connectivity index (χ3v) is 5.01. The van der Waals surface area contributed by atoms with Crippen molar-refractivity contribution in [1.29, 1.82) is 0 Å². The van der Waals surface area contributed by atoms with Gasteiger partial charge in [-0.25, -0.2) is 4.68 Å². The van der Waals surface area contributed by atoms with Crippen LogP contribution in [0.1, 0.15) is 22.7 Å². The van der Waals surface area contributed by atoms with Gasteiger partial charge in [-0.05, 0) is 30.7 Å². The van der Waals surface area contributed by atoms with Crippen LogP contribution in [0.2, 0.25) is 5.15 Å². The highest BCUT2D eigenvalue weighted by atomic mass is 35.5. The van der Waals surface area contributed by atoms with E-state index in [4.69, 9.17) is 11.6 Å². The summed E-state index contributed by atoms with van der Waals surface area (Å²) in [5, 5.41) is 5.33. The Labute approximate surface area is 146 Å².